The van der Waals surface area contributed by atoms with Gasteiger partial charge in [-0.2, -0.15) is 0 Å². The zero-order valence-corrected chi connectivity index (χ0v) is 13.8. The number of hydrogen-bond acceptors (Lipinski definition) is 4. The Morgan fingerprint density at radius 3 is 2.30 bits per heavy atom. The molecule has 0 radical (unpaired) electrons. The highest BCUT2D eigenvalue weighted by molar-refractivity contribution is 4.84. The molecular formula is C16H34N4. The Hall–Kier alpha value is -0.160. The van der Waals surface area contributed by atoms with Gasteiger partial charge < -0.3 is 15.1 Å². The van der Waals surface area contributed by atoms with Gasteiger partial charge in [-0.05, 0) is 32.5 Å². The Kier molecular flexibility index (Phi) is 6.75. The zero-order chi connectivity index (χ0) is 14.4. The van der Waals surface area contributed by atoms with E-state index in [1.807, 2.05) is 0 Å². The van der Waals surface area contributed by atoms with E-state index in [1.165, 1.54) is 65.2 Å². The van der Waals surface area contributed by atoms with Crippen LogP contribution in [-0.2, 0) is 0 Å². The van der Waals surface area contributed by atoms with Crippen molar-refractivity contribution in [1.29, 1.82) is 0 Å². The molecule has 20 heavy (non-hydrogen) atoms. The van der Waals surface area contributed by atoms with Crippen LogP contribution in [0.15, 0.2) is 0 Å². The number of hydrogen-bond donors (Lipinski definition) is 1. The molecule has 2 aliphatic rings. The van der Waals surface area contributed by atoms with Crippen LogP contribution in [0, 0.1) is 5.92 Å². The first-order valence-electron chi connectivity index (χ1n) is 8.59. The van der Waals surface area contributed by atoms with Gasteiger partial charge in [0, 0.05) is 51.9 Å². The molecule has 2 fully saturated rings. The Labute approximate surface area is 125 Å². The maximum absolute atomic E-state index is 3.67. The second-order valence-electron chi connectivity index (χ2n) is 6.57. The quantitative estimate of drug-likeness (QED) is 0.783. The molecule has 0 saturated carbocycles. The average Bonchev–Trinajstić information content (AvgIpc) is 2.48. The molecule has 2 heterocycles. The van der Waals surface area contributed by atoms with E-state index < -0.39 is 0 Å². The molecule has 4 nitrogen and oxygen atoms in total. The minimum Gasteiger partial charge on any atom is -0.314 e. The minimum absolute atomic E-state index is 0.755. The number of likely N-dealkylation sites (N-methyl/N-ethyl adjacent to an activating group) is 1. The van der Waals surface area contributed by atoms with Gasteiger partial charge in [0.05, 0.1) is 0 Å². The van der Waals surface area contributed by atoms with E-state index >= 15 is 0 Å². The van der Waals surface area contributed by atoms with E-state index in [1.54, 1.807) is 0 Å². The van der Waals surface area contributed by atoms with Crippen molar-refractivity contribution in [2.24, 2.45) is 5.92 Å². The third-order valence-electron chi connectivity index (χ3n) is 5.14. The van der Waals surface area contributed by atoms with E-state index in [9.17, 15) is 0 Å². The van der Waals surface area contributed by atoms with Crippen LogP contribution >= 0.6 is 0 Å². The molecule has 0 amide bonds. The van der Waals surface area contributed by atoms with Crippen molar-refractivity contribution in [2.45, 2.75) is 32.7 Å². The summed E-state index contributed by atoms with van der Waals surface area (Å²) in [7, 11) is 2.23. The van der Waals surface area contributed by atoms with Crippen LogP contribution in [0.4, 0.5) is 0 Å². The molecule has 0 aromatic carbocycles. The molecule has 4 heteroatoms. The van der Waals surface area contributed by atoms with Gasteiger partial charge in [-0.25, -0.2) is 0 Å². The first kappa shape index (κ1) is 16.2. The molecule has 0 aliphatic carbocycles. The summed E-state index contributed by atoms with van der Waals surface area (Å²) < 4.78 is 0. The molecule has 0 bridgehead atoms. The fraction of sp³-hybridized carbons (Fsp3) is 1.00. The first-order chi connectivity index (χ1) is 9.72. The molecule has 2 saturated heterocycles. The maximum atomic E-state index is 3.67. The van der Waals surface area contributed by atoms with Crippen molar-refractivity contribution in [3.63, 3.8) is 0 Å². The van der Waals surface area contributed by atoms with Crippen LogP contribution in [0.25, 0.3) is 0 Å². The standard InChI is InChI=1S/C16H34N4/c1-4-15-14-20(7-6-16(15)17-5-2)13-12-19-10-8-18(3)9-11-19/h15-17H,4-14H2,1-3H3. The third-order valence-corrected chi connectivity index (χ3v) is 5.14. The van der Waals surface area contributed by atoms with E-state index in [4.69, 9.17) is 0 Å². The van der Waals surface area contributed by atoms with Crippen molar-refractivity contribution >= 4 is 0 Å². The topological polar surface area (TPSA) is 21.8 Å². The fourth-order valence-electron chi connectivity index (χ4n) is 3.61. The number of rotatable bonds is 6. The zero-order valence-electron chi connectivity index (χ0n) is 13.8. The molecule has 2 aliphatic heterocycles. The predicted molar refractivity (Wildman–Crippen MR) is 86.2 cm³/mol. The molecule has 0 aromatic heterocycles. The third kappa shape index (κ3) is 4.69. The number of piperazine rings is 1. The lowest BCUT2D eigenvalue weighted by molar-refractivity contribution is 0.101. The van der Waals surface area contributed by atoms with Gasteiger partial charge in [0.1, 0.15) is 0 Å². The Bertz CT molecular complexity index is 263. The highest BCUT2D eigenvalue weighted by Crippen LogP contribution is 2.20. The van der Waals surface area contributed by atoms with Gasteiger partial charge in [-0.3, -0.25) is 4.90 Å². The van der Waals surface area contributed by atoms with Crippen molar-refractivity contribution in [3.05, 3.63) is 0 Å². The summed E-state index contributed by atoms with van der Waals surface area (Å²) in [5.41, 5.74) is 0. The Morgan fingerprint density at radius 1 is 0.950 bits per heavy atom. The summed E-state index contributed by atoms with van der Waals surface area (Å²) >= 11 is 0. The lowest BCUT2D eigenvalue weighted by Crippen LogP contribution is -2.52. The van der Waals surface area contributed by atoms with Gasteiger partial charge in [-0.1, -0.05) is 20.3 Å². The number of nitrogens with one attached hydrogen (secondary N) is 1. The van der Waals surface area contributed by atoms with Crippen molar-refractivity contribution in [1.82, 2.24) is 20.0 Å². The van der Waals surface area contributed by atoms with Gasteiger partial charge in [-0.15, -0.1) is 0 Å². The van der Waals surface area contributed by atoms with E-state index in [-0.39, 0.29) is 0 Å². The summed E-state index contributed by atoms with van der Waals surface area (Å²) in [6.07, 6.45) is 2.64. The second-order valence-corrected chi connectivity index (χ2v) is 6.57. The molecular weight excluding hydrogens is 248 g/mol. The Balaban J connectivity index is 1.69. The molecule has 118 valence electrons. The first-order valence-corrected chi connectivity index (χ1v) is 8.59. The van der Waals surface area contributed by atoms with Crippen molar-refractivity contribution < 1.29 is 0 Å². The summed E-state index contributed by atoms with van der Waals surface area (Å²) in [4.78, 5) is 7.77. The monoisotopic (exact) mass is 282 g/mol. The molecule has 0 aromatic rings. The molecule has 0 spiro atoms. The van der Waals surface area contributed by atoms with Gasteiger partial charge in [0.2, 0.25) is 0 Å². The molecule has 1 N–H and O–H groups in total. The van der Waals surface area contributed by atoms with E-state index in [0.717, 1.165) is 18.5 Å². The molecule has 2 unspecified atom stereocenters. The van der Waals surface area contributed by atoms with Crippen LogP contribution in [0.1, 0.15) is 26.7 Å². The summed E-state index contributed by atoms with van der Waals surface area (Å²) in [5.74, 6) is 0.844. The largest absolute Gasteiger partial charge is 0.314 e. The SMILES string of the molecule is CCNC1CCN(CCN2CCN(C)CC2)CC1CC. The number of likely N-dealkylation sites (tertiary alicyclic amines) is 1. The summed E-state index contributed by atoms with van der Waals surface area (Å²) in [5, 5.41) is 3.67. The predicted octanol–water partition coefficient (Wildman–Crippen LogP) is 0.944. The second kappa shape index (κ2) is 8.32. The van der Waals surface area contributed by atoms with Crippen molar-refractivity contribution in [3.8, 4) is 0 Å². The lowest BCUT2D eigenvalue weighted by Gasteiger charge is -2.40. The lowest BCUT2D eigenvalue weighted by atomic mass is 9.90. The van der Waals surface area contributed by atoms with E-state index in [2.05, 4.69) is 40.9 Å². The normalized spacial score (nSPS) is 30.8. The van der Waals surface area contributed by atoms with Crippen LogP contribution in [0.2, 0.25) is 0 Å². The van der Waals surface area contributed by atoms with Gasteiger partial charge in [0.15, 0.2) is 0 Å². The maximum Gasteiger partial charge on any atom is 0.0119 e. The Morgan fingerprint density at radius 2 is 1.65 bits per heavy atom. The van der Waals surface area contributed by atoms with Crippen LogP contribution in [-0.4, -0.2) is 86.7 Å². The fourth-order valence-corrected chi connectivity index (χ4v) is 3.61. The highest BCUT2D eigenvalue weighted by Gasteiger charge is 2.27. The smallest absolute Gasteiger partial charge is 0.0119 e. The van der Waals surface area contributed by atoms with Gasteiger partial charge >= 0.3 is 0 Å². The average molecular weight is 282 g/mol. The van der Waals surface area contributed by atoms with Crippen LogP contribution < -0.4 is 5.32 Å². The van der Waals surface area contributed by atoms with Crippen molar-refractivity contribution in [2.75, 3.05) is 66.0 Å². The van der Waals surface area contributed by atoms with E-state index in [0.29, 0.717) is 0 Å². The minimum atomic E-state index is 0.755. The number of nitrogens with zero attached hydrogens (tertiary/aromatic N) is 3. The summed E-state index contributed by atoms with van der Waals surface area (Å²) in [6.45, 7) is 15.8. The highest BCUT2D eigenvalue weighted by atomic mass is 15.3. The van der Waals surface area contributed by atoms with Crippen LogP contribution in [0.5, 0.6) is 0 Å². The van der Waals surface area contributed by atoms with Gasteiger partial charge in [0.25, 0.3) is 0 Å². The molecule has 2 atom stereocenters. The number of piperidine rings is 1. The molecule has 2 rings (SSSR count). The van der Waals surface area contributed by atoms with Crippen LogP contribution in [0.3, 0.4) is 0 Å². The summed E-state index contributed by atoms with van der Waals surface area (Å²) in [6, 6.07) is 0.755.